The van der Waals surface area contributed by atoms with Crippen LogP contribution < -0.4 is 10.6 Å². The van der Waals surface area contributed by atoms with Gasteiger partial charge in [-0.3, -0.25) is 20.2 Å². The lowest BCUT2D eigenvalue weighted by Gasteiger charge is -2.36. The first-order chi connectivity index (χ1) is 20.4. The average molecular weight is 609 g/mol. The Labute approximate surface area is 261 Å². The maximum atomic E-state index is 12.2. The number of carbonyl (C=O) groups is 4. The third kappa shape index (κ3) is 9.99. The second-order valence-electron chi connectivity index (χ2n) is 13.7. The van der Waals surface area contributed by atoms with Gasteiger partial charge in [0.15, 0.2) is 0 Å². The molecule has 0 spiro atoms. The number of amides is 4. The zero-order chi connectivity index (χ0) is 32.8. The smallest absolute Gasteiger partial charge is 0.409 e. The van der Waals surface area contributed by atoms with Gasteiger partial charge in [0, 0.05) is 25.9 Å². The summed E-state index contributed by atoms with van der Waals surface area (Å²) in [6, 6.07) is 19.5. The van der Waals surface area contributed by atoms with Gasteiger partial charge >= 0.3 is 12.2 Å². The molecule has 2 N–H and O–H groups in total. The Morgan fingerprint density at radius 1 is 0.659 bits per heavy atom. The van der Waals surface area contributed by atoms with Gasteiger partial charge in [0.25, 0.3) is 0 Å². The molecule has 2 aliphatic rings. The van der Waals surface area contributed by atoms with Gasteiger partial charge in [0.2, 0.25) is 11.8 Å². The Balaban J connectivity index is 0.000000240. The average Bonchev–Trinajstić information content (AvgIpc) is 3.33. The minimum Gasteiger partial charge on any atom is -0.444 e. The minimum absolute atomic E-state index is 0.0439. The van der Waals surface area contributed by atoms with Gasteiger partial charge in [-0.05, 0) is 79.4 Å². The largest absolute Gasteiger partial charge is 0.444 e. The minimum atomic E-state index is -0.713. The summed E-state index contributed by atoms with van der Waals surface area (Å²) in [4.78, 5) is 51.9. The fourth-order valence-electron chi connectivity index (χ4n) is 5.16. The van der Waals surface area contributed by atoms with E-state index in [0.29, 0.717) is 38.8 Å². The van der Waals surface area contributed by atoms with Gasteiger partial charge in [0.05, 0.1) is 0 Å². The molecule has 0 radical (unpaired) electrons. The van der Waals surface area contributed by atoms with Gasteiger partial charge in [-0.25, -0.2) is 9.59 Å². The zero-order valence-electron chi connectivity index (χ0n) is 27.4. The van der Waals surface area contributed by atoms with E-state index < -0.39 is 34.7 Å². The lowest BCUT2D eigenvalue weighted by atomic mass is 10.1. The number of nitrogens with one attached hydrogen (secondary N) is 2. The van der Waals surface area contributed by atoms with Crippen LogP contribution in [-0.2, 0) is 32.2 Å². The summed E-state index contributed by atoms with van der Waals surface area (Å²) in [6.45, 7) is 15.6. The van der Waals surface area contributed by atoms with E-state index in [1.54, 1.807) is 9.80 Å². The summed E-state index contributed by atoms with van der Waals surface area (Å²) in [5, 5.41) is 5.71. The van der Waals surface area contributed by atoms with E-state index in [-0.39, 0.29) is 11.8 Å². The molecule has 4 rings (SSSR count). The zero-order valence-corrected chi connectivity index (χ0v) is 27.4. The van der Waals surface area contributed by atoms with E-state index in [2.05, 4.69) is 10.6 Å². The molecular formula is C34H48N4O6. The quantitative estimate of drug-likeness (QED) is 0.409. The molecule has 2 saturated heterocycles. The molecule has 0 aliphatic carbocycles. The first-order valence-electron chi connectivity index (χ1n) is 15.1. The van der Waals surface area contributed by atoms with Crippen LogP contribution in [0.4, 0.5) is 9.59 Å². The molecule has 4 amide bonds. The van der Waals surface area contributed by atoms with Crippen LogP contribution in [0.5, 0.6) is 0 Å². The molecule has 0 bridgehead atoms. The fraction of sp³-hybridized carbons (Fsp3) is 0.529. The predicted molar refractivity (Wildman–Crippen MR) is 168 cm³/mol. The van der Waals surface area contributed by atoms with E-state index in [0.717, 1.165) is 11.1 Å². The number of carbonyl (C=O) groups excluding carboxylic acids is 4. The Kier molecular flexibility index (Phi) is 10.7. The van der Waals surface area contributed by atoms with Crippen LogP contribution in [0.25, 0.3) is 0 Å². The summed E-state index contributed by atoms with van der Waals surface area (Å²) in [6.07, 6.45) is 1.03. The van der Waals surface area contributed by atoms with Crippen molar-refractivity contribution in [1.29, 1.82) is 0 Å². The number of rotatable bonds is 6. The molecule has 44 heavy (non-hydrogen) atoms. The monoisotopic (exact) mass is 608 g/mol. The number of ether oxygens (including phenoxy) is 2. The molecule has 10 heteroatoms. The Hall–Kier alpha value is -4.08. The van der Waals surface area contributed by atoms with Gasteiger partial charge in [-0.2, -0.15) is 0 Å². The van der Waals surface area contributed by atoms with E-state index in [1.807, 2.05) is 116 Å². The Morgan fingerprint density at radius 2 is 0.977 bits per heavy atom. The fourth-order valence-corrected chi connectivity index (χ4v) is 5.16. The van der Waals surface area contributed by atoms with Crippen LogP contribution in [-0.4, -0.2) is 56.3 Å². The molecule has 2 aromatic rings. The van der Waals surface area contributed by atoms with Crippen molar-refractivity contribution in [3.63, 3.8) is 0 Å². The van der Waals surface area contributed by atoms with Gasteiger partial charge in [-0.15, -0.1) is 0 Å². The molecule has 2 aliphatic heterocycles. The second-order valence-corrected chi connectivity index (χ2v) is 13.7. The SMILES string of the molecule is CC(C)(C)OC(=O)N[C@]1(C)CCC(=O)N1Cc1ccccc1.CC(C)(C)OC(=O)N[C@]1(C)CCC(=O)N1Cc1ccccc1. The Morgan fingerprint density at radius 3 is 1.27 bits per heavy atom. The van der Waals surface area contributed by atoms with E-state index in [4.69, 9.17) is 9.47 Å². The highest BCUT2D eigenvalue weighted by molar-refractivity contribution is 5.81. The van der Waals surface area contributed by atoms with Crippen LogP contribution in [0, 0.1) is 0 Å². The normalized spacial score (nSPS) is 21.8. The summed E-state index contributed by atoms with van der Waals surface area (Å²) >= 11 is 0. The third-order valence-corrected chi connectivity index (χ3v) is 7.35. The van der Waals surface area contributed by atoms with Crippen molar-refractivity contribution in [2.24, 2.45) is 0 Å². The number of nitrogens with zero attached hydrogens (tertiary/aromatic N) is 2. The van der Waals surface area contributed by atoms with Crippen molar-refractivity contribution in [1.82, 2.24) is 20.4 Å². The lowest BCUT2D eigenvalue weighted by Crippen LogP contribution is -2.56. The van der Waals surface area contributed by atoms with Crippen LogP contribution in [0.1, 0.15) is 92.2 Å². The number of hydrogen-bond acceptors (Lipinski definition) is 6. The van der Waals surface area contributed by atoms with Crippen LogP contribution in [0.15, 0.2) is 60.7 Å². The van der Waals surface area contributed by atoms with Crippen molar-refractivity contribution in [2.75, 3.05) is 0 Å². The molecule has 2 heterocycles. The van der Waals surface area contributed by atoms with Crippen LogP contribution in [0.2, 0.25) is 0 Å². The topological polar surface area (TPSA) is 117 Å². The number of likely N-dealkylation sites (tertiary alicyclic amines) is 2. The summed E-state index contributed by atoms with van der Waals surface area (Å²) in [5.41, 5.74) is -0.476. The Bertz CT molecular complexity index is 1200. The second kappa shape index (κ2) is 13.7. The first kappa shape index (κ1) is 34.4. The summed E-state index contributed by atoms with van der Waals surface area (Å²) in [7, 11) is 0. The third-order valence-electron chi connectivity index (χ3n) is 7.35. The molecular weight excluding hydrogens is 560 g/mol. The van der Waals surface area contributed by atoms with Crippen molar-refractivity contribution in [3.8, 4) is 0 Å². The molecule has 0 unspecified atom stereocenters. The maximum absolute atomic E-state index is 12.2. The van der Waals surface area contributed by atoms with Gasteiger partial charge in [-0.1, -0.05) is 60.7 Å². The van der Waals surface area contributed by atoms with Crippen molar-refractivity contribution in [3.05, 3.63) is 71.8 Å². The van der Waals surface area contributed by atoms with Gasteiger partial charge < -0.3 is 19.3 Å². The van der Waals surface area contributed by atoms with Crippen molar-refractivity contribution in [2.45, 2.75) is 117 Å². The van der Waals surface area contributed by atoms with E-state index >= 15 is 0 Å². The number of hydrogen-bond donors (Lipinski definition) is 2. The maximum Gasteiger partial charge on any atom is 0.409 e. The van der Waals surface area contributed by atoms with E-state index in [9.17, 15) is 19.2 Å². The molecule has 0 aromatic heterocycles. The highest BCUT2D eigenvalue weighted by atomic mass is 16.6. The summed E-state index contributed by atoms with van der Waals surface area (Å²) < 4.78 is 10.6. The first-order valence-corrected chi connectivity index (χ1v) is 15.1. The molecule has 0 saturated carbocycles. The molecule has 2 fully saturated rings. The summed E-state index contributed by atoms with van der Waals surface area (Å²) in [5.74, 6) is 0.0878. The van der Waals surface area contributed by atoms with E-state index in [1.165, 1.54) is 0 Å². The van der Waals surface area contributed by atoms with Crippen LogP contribution >= 0.6 is 0 Å². The highest BCUT2D eigenvalue weighted by Crippen LogP contribution is 2.31. The van der Waals surface area contributed by atoms with Crippen molar-refractivity contribution < 1.29 is 28.7 Å². The molecule has 10 nitrogen and oxygen atoms in total. The van der Waals surface area contributed by atoms with Crippen LogP contribution in [0.3, 0.4) is 0 Å². The lowest BCUT2D eigenvalue weighted by molar-refractivity contribution is -0.133. The molecule has 2 aromatic carbocycles. The standard InChI is InChI=1S/2C17H24N2O3/c2*1-16(2,3)22-15(21)18-17(4)11-10-14(20)19(17)12-13-8-6-5-7-9-13/h2*5-9H,10-12H2,1-4H3,(H,18,21)/t2*17-/m00/s1. The van der Waals surface area contributed by atoms with Gasteiger partial charge in [0.1, 0.15) is 22.5 Å². The number of alkyl carbamates (subject to hydrolysis) is 2. The number of benzene rings is 2. The van der Waals surface area contributed by atoms with Crippen molar-refractivity contribution >= 4 is 24.0 Å². The predicted octanol–water partition coefficient (Wildman–Crippen LogP) is 6.10. The highest BCUT2D eigenvalue weighted by Gasteiger charge is 2.44. The molecule has 2 atom stereocenters. The molecule has 240 valence electrons.